The normalized spacial score (nSPS) is 13.7. The first-order valence-electron chi connectivity index (χ1n) is 6.39. The number of amides is 1. The quantitative estimate of drug-likeness (QED) is 0.686. The molecule has 1 N–H and O–H groups in total. The number of benzene rings is 1. The van der Waals surface area contributed by atoms with E-state index in [9.17, 15) is 9.59 Å². The standard InChI is InChI=1S/C15H13N3O3/c1-18-8-10(7-16-18)2-4-13(19)11-3-5-14-12(6-11)17-15(20)9-21-14/h2-8H,9H2,1H3,(H,17,20). The van der Waals surface area contributed by atoms with Crippen molar-refractivity contribution in [3.8, 4) is 5.75 Å². The van der Waals surface area contributed by atoms with E-state index in [1.54, 1.807) is 35.2 Å². The lowest BCUT2D eigenvalue weighted by Crippen LogP contribution is -2.25. The summed E-state index contributed by atoms with van der Waals surface area (Å²) in [4.78, 5) is 23.4. The number of anilines is 1. The summed E-state index contributed by atoms with van der Waals surface area (Å²) in [6, 6.07) is 4.97. The van der Waals surface area contributed by atoms with Crippen LogP contribution in [0, 0.1) is 0 Å². The fourth-order valence-corrected chi connectivity index (χ4v) is 2.03. The Morgan fingerprint density at radius 1 is 1.48 bits per heavy atom. The second-order valence-electron chi connectivity index (χ2n) is 4.69. The summed E-state index contributed by atoms with van der Waals surface area (Å²) >= 11 is 0. The average molecular weight is 283 g/mol. The van der Waals surface area contributed by atoms with Crippen molar-refractivity contribution in [2.45, 2.75) is 0 Å². The summed E-state index contributed by atoms with van der Waals surface area (Å²) < 4.78 is 6.91. The van der Waals surface area contributed by atoms with Crippen LogP contribution in [-0.4, -0.2) is 28.1 Å². The summed E-state index contributed by atoms with van der Waals surface area (Å²) in [5, 5.41) is 6.70. The molecule has 2 heterocycles. The Morgan fingerprint density at radius 2 is 2.33 bits per heavy atom. The minimum absolute atomic E-state index is 0.00119. The molecule has 106 valence electrons. The molecule has 1 aliphatic rings. The summed E-state index contributed by atoms with van der Waals surface area (Å²) in [5.74, 6) is 0.196. The van der Waals surface area contributed by atoms with E-state index in [1.807, 2.05) is 13.2 Å². The van der Waals surface area contributed by atoms with E-state index in [0.717, 1.165) is 5.56 Å². The number of hydrogen-bond donors (Lipinski definition) is 1. The first-order valence-corrected chi connectivity index (χ1v) is 6.39. The first kappa shape index (κ1) is 13.1. The Labute approximate surface area is 121 Å². The van der Waals surface area contributed by atoms with Crippen LogP contribution in [0.1, 0.15) is 15.9 Å². The number of carbonyl (C=O) groups is 2. The predicted molar refractivity (Wildman–Crippen MR) is 77.1 cm³/mol. The van der Waals surface area contributed by atoms with E-state index >= 15 is 0 Å². The van der Waals surface area contributed by atoms with Crippen LogP contribution in [0.2, 0.25) is 0 Å². The molecule has 2 aromatic rings. The summed E-state index contributed by atoms with van der Waals surface area (Å²) in [6.07, 6.45) is 6.66. The lowest BCUT2D eigenvalue weighted by Gasteiger charge is -2.17. The molecular weight excluding hydrogens is 270 g/mol. The van der Waals surface area contributed by atoms with Crippen molar-refractivity contribution >= 4 is 23.5 Å². The van der Waals surface area contributed by atoms with Crippen LogP contribution in [0.5, 0.6) is 5.75 Å². The molecule has 6 heteroatoms. The van der Waals surface area contributed by atoms with Gasteiger partial charge in [0.15, 0.2) is 12.4 Å². The van der Waals surface area contributed by atoms with Crippen molar-refractivity contribution < 1.29 is 14.3 Å². The van der Waals surface area contributed by atoms with E-state index in [2.05, 4.69) is 10.4 Å². The molecule has 21 heavy (non-hydrogen) atoms. The van der Waals surface area contributed by atoms with Crippen LogP contribution >= 0.6 is 0 Å². The van der Waals surface area contributed by atoms with Gasteiger partial charge in [0.25, 0.3) is 5.91 Å². The van der Waals surface area contributed by atoms with Gasteiger partial charge in [-0.1, -0.05) is 0 Å². The Bertz CT molecular complexity index is 746. The number of aromatic nitrogens is 2. The van der Waals surface area contributed by atoms with Crippen LogP contribution in [0.3, 0.4) is 0 Å². The Kier molecular flexibility index (Phi) is 3.27. The monoisotopic (exact) mass is 283 g/mol. The number of aryl methyl sites for hydroxylation is 1. The number of nitrogens with zero attached hydrogens (tertiary/aromatic N) is 2. The van der Waals surface area contributed by atoms with Gasteiger partial charge in [0.1, 0.15) is 5.75 Å². The maximum absolute atomic E-state index is 12.1. The number of nitrogens with one attached hydrogen (secondary N) is 1. The fourth-order valence-electron chi connectivity index (χ4n) is 2.03. The minimum atomic E-state index is -0.224. The maximum Gasteiger partial charge on any atom is 0.262 e. The van der Waals surface area contributed by atoms with E-state index in [4.69, 9.17) is 4.74 Å². The Morgan fingerprint density at radius 3 is 3.10 bits per heavy atom. The van der Waals surface area contributed by atoms with Crippen molar-refractivity contribution in [3.05, 3.63) is 47.8 Å². The average Bonchev–Trinajstić information content (AvgIpc) is 2.89. The molecule has 0 atom stereocenters. The number of fused-ring (bicyclic) bond motifs is 1. The van der Waals surface area contributed by atoms with Crippen LogP contribution in [0.4, 0.5) is 5.69 Å². The van der Waals surface area contributed by atoms with Crippen LogP contribution in [0.25, 0.3) is 6.08 Å². The highest BCUT2D eigenvalue weighted by atomic mass is 16.5. The zero-order chi connectivity index (χ0) is 14.8. The van der Waals surface area contributed by atoms with Crippen LogP contribution in [0.15, 0.2) is 36.7 Å². The van der Waals surface area contributed by atoms with E-state index in [-0.39, 0.29) is 18.3 Å². The van der Waals surface area contributed by atoms with Gasteiger partial charge in [-0.25, -0.2) is 0 Å². The lowest BCUT2D eigenvalue weighted by molar-refractivity contribution is -0.118. The van der Waals surface area contributed by atoms with E-state index < -0.39 is 0 Å². The smallest absolute Gasteiger partial charge is 0.262 e. The highest BCUT2D eigenvalue weighted by molar-refractivity contribution is 6.08. The highest BCUT2D eigenvalue weighted by Crippen LogP contribution is 2.28. The molecule has 1 aromatic heterocycles. The number of hydrogen-bond acceptors (Lipinski definition) is 4. The van der Waals surface area contributed by atoms with Crippen LogP contribution < -0.4 is 10.1 Å². The molecular formula is C15H13N3O3. The third kappa shape index (κ3) is 2.84. The molecule has 0 spiro atoms. The lowest BCUT2D eigenvalue weighted by atomic mass is 10.1. The minimum Gasteiger partial charge on any atom is -0.482 e. The molecule has 0 radical (unpaired) electrons. The highest BCUT2D eigenvalue weighted by Gasteiger charge is 2.17. The largest absolute Gasteiger partial charge is 0.482 e. The van der Waals surface area contributed by atoms with Crippen molar-refractivity contribution in [1.82, 2.24) is 9.78 Å². The number of rotatable bonds is 3. The van der Waals surface area contributed by atoms with Gasteiger partial charge in [0.2, 0.25) is 0 Å². The molecule has 1 amide bonds. The molecule has 0 bridgehead atoms. The third-order valence-corrected chi connectivity index (χ3v) is 3.05. The third-order valence-electron chi connectivity index (χ3n) is 3.05. The molecule has 6 nitrogen and oxygen atoms in total. The molecule has 0 saturated carbocycles. The Balaban J connectivity index is 1.80. The molecule has 0 aliphatic carbocycles. The number of carbonyl (C=O) groups excluding carboxylic acids is 2. The zero-order valence-corrected chi connectivity index (χ0v) is 11.4. The SMILES string of the molecule is Cn1cc(C=CC(=O)c2ccc3c(c2)NC(=O)CO3)cn1. The van der Waals surface area contributed by atoms with Crippen molar-refractivity contribution in [2.75, 3.05) is 11.9 Å². The van der Waals surface area contributed by atoms with Gasteiger partial charge in [-0.15, -0.1) is 0 Å². The summed E-state index contributed by atoms with van der Waals surface area (Å²) in [7, 11) is 1.81. The predicted octanol–water partition coefficient (Wildman–Crippen LogP) is 1.65. The molecule has 0 saturated heterocycles. The van der Waals surface area contributed by atoms with Crippen molar-refractivity contribution in [3.63, 3.8) is 0 Å². The van der Waals surface area contributed by atoms with E-state index in [0.29, 0.717) is 17.0 Å². The maximum atomic E-state index is 12.1. The second kappa shape index (κ2) is 5.24. The van der Waals surface area contributed by atoms with Gasteiger partial charge in [-0.3, -0.25) is 14.3 Å². The topological polar surface area (TPSA) is 73.2 Å². The number of ether oxygens (including phenoxy) is 1. The molecule has 1 aliphatic heterocycles. The van der Waals surface area contributed by atoms with Crippen molar-refractivity contribution in [2.24, 2.45) is 7.05 Å². The van der Waals surface area contributed by atoms with Gasteiger partial charge >= 0.3 is 0 Å². The fraction of sp³-hybridized carbons (Fsp3) is 0.133. The summed E-state index contributed by atoms with van der Waals surface area (Å²) in [5.41, 5.74) is 1.85. The van der Waals surface area contributed by atoms with Gasteiger partial charge in [0.05, 0.1) is 11.9 Å². The molecule has 0 unspecified atom stereocenters. The van der Waals surface area contributed by atoms with E-state index in [1.165, 1.54) is 6.08 Å². The van der Waals surface area contributed by atoms with Gasteiger partial charge in [0, 0.05) is 24.4 Å². The second-order valence-corrected chi connectivity index (χ2v) is 4.69. The van der Waals surface area contributed by atoms with Crippen molar-refractivity contribution in [1.29, 1.82) is 0 Å². The molecule has 1 aromatic carbocycles. The zero-order valence-electron chi connectivity index (χ0n) is 11.4. The molecule has 0 fully saturated rings. The van der Waals surface area contributed by atoms with Gasteiger partial charge in [-0.2, -0.15) is 5.10 Å². The Hall–Kier alpha value is -2.89. The number of ketones is 1. The van der Waals surface area contributed by atoms with Gasteiger partial charge < -0.3 is 10.1 Å². The molecule has 3 rings (SSSR count). The summed E-state index contributed by atoms with van der Waals surface area (Å²) in [6.45, 7) is 0.00119. The van der Waals surface area contributed by atoms with Gasteiger partial charge in [-0.05, 0) is 30.4 Å². The first-order chi connectivity index (χ1) is 10.1. The number of allylic oxidation sites excluding steroid dienone is 1. The van der Waals surface area contributed by atoms with Crippen LogP contribution in [-0.2, 0) is 11.8 Å².